The highest BCUT2D eigenvalue weighted by Gasteiger charge is 2.25. The molecule has 5 nitrogen and oxygen atoms in total. The van der Waals surface area contributed by atoms with E-state index in [-0.39, 0.29) is 5.91 Å². The van der Waals surface area contributed by atoms with Gasteiger partial charge in [-0.3, -0.25) is 9.48 Å². The van der Waals surface area contributed by atoms with E-state index < -0.39 is 0 Å². The number of aromatic nitrogens is 3. The average molecular weight is 294 g/mol. The fourth-order valence-electron chi connectivity index (χ4n) is 2.92. The van der Waals surface area contributed by atoms with Crippen LogP contribution >= 0.6 is 0 Å². The summed E-state index contributed by atoms with van der Waals surface area (Å²) in [6.45, 7) is 1.93. The topological polar surface area (TPSA) is 62.7 Å². The summed E-state index contributed by atoms with van der Waals surface area (Å²) in [5.74, 6) is -0.0987. The van der Waals surface area contributed by atoms with E-state index in [0.717, 1.165) is 35.1 Å². The number of aryl methyl sites for hydroxylation is 1. The van der Waals surface area contributed by atoms with E-state index in [9.17, 15) is 4.79 Å². The monoisotopic (exact) mass is 294 g/mol. The van der Waals surface area contributed by atoms with Gasteiger partial charge in [-0.15, -0.1) is 0 Å². The minimum absolute atomic E-state index is 0.0987. The van der Waals surface area contributed by atoms with Crippen LogP contribution in [0.25, 0.3) is 10.9 Å². The number of carbonyl (C=O) groups is 1. The third-order valence-corrected chi connectivity index (χ3v) is 4.32. The van der Waals surface area contributed by atoms with Crippen molar-refractivity contribution < 1.29 is 4.79 Å². The van der Waals surface area contributed by atoms with Crippen LogP contribution in [0.15, 0.2) is 36.5 Å². The molecule has 22 heavy (non-hydrogen) atoms. The van der Waals surface area contributed by atoms with Gasteiger partial charge in [-0.1, -0.05) is 6.07 Å². The molecule has 1 saturated carbocycles. The van der Waals surface area contributed by atoms with Crippen molar-refractivity contribution in [2.24, 2.45) is 0 Å². The molecule has 0 spiro atoms. The van der Waals surface area contributed by atoms with Crippen LogP contribution in [0.3, 0.4) is 0 Å². The molecule has 1 aliphatic carbocycles. The maximum Gasteiger partial charge on any atom is 0.273 e. The lowest BCUT2D eigenvalue weighted by Gasteiger charge is -2.27. The zero-order chi connectivity index (χ0) is 15.1. The van der Waals surface area contributed by atoms with Crippen molar-refractivity contribution in [1.29, 1.82) is 0 Å². The number of benzene rings is 1. The summed E-state index contributed by atoms with van der Waals surface area (Å²) in [4.78, 5) is 15.7. The third kappa shape index (κ3) is 2.19. The SMILES string of the molecule is Cc1cc(C(=O)Nc2ccc3cc[nH]c3c2)n(C2CCC2)n1. The van der Waals surface area contributed by atoms with Gasteiger partial charge in [0.05, 0.1) is 11.7 Å². The van der Waals surface area contributed by atoms with E-state index in [0.29, 0.717) is 11.7 Å². The number of hydrogen-bond acceptors (Lipinski definition) is 2. The molecule has 1 amide bonds. The quantitative estimate of drug-likeness (QED) is 0.774. The fourth-order valence-corrected chi connectivity index (χ4v) is 2.92. The lowest BCUT2D eigenvalue weighted by molar-refractivity contribution is 0.100. The van der Waals surface area contributed by atoms with Gasteiger partial charge in [-0.2, -0.15) is 5.10 Å². The largest absolute Gasteiger partial charge is 0.361 e. The Hall–Kier alpha value is -2.56. The smallest absolute Gasteiger partial charge is 0.273 e. The number of amides is 1. The van der Waals surface area contributed by atoms with E-state index in [4.69, 9.17) is 0 Å². The summed E-state index contributed by atoms with van der Waals surface area (Å²) < 4.78 is 1.89. The van der Waals surface area contributed by atoms with Crippen LogP contribution in [0.4, 0.5) is 5.69 Å². The molecule has 1 aliphatic rings. The van der Waals surface area contributed by atoms with Crippen LogP contribution < -0.4 is 5.32 Å². The van der Waals surface area contributed by atoms with Crippen LogP contribution in [0.5, 0.6) is 0 Å². The van der Waals surface area contributed by atoms with Gasteiger partial charge in [-0.25, -0.2) is 0 Å². The molecule has 2 aromatic heterocycles. The van der Waals surface area contributed by atoms with E-state index >= 15 is 0 Å². The Balaban J connectivity index is 1.61. The molecule has 1 aromatic carbocycles. The van der Waals surface area contributed by atoms with E-state index in [1.54, 1.807) is 0 Å². The Morgan fingerprint density at radius 2 is 2.18 bits per heavy atom. The van der Waals surface area contributed by atoms with E-state index in [1.807, 2.05) is 48.1 Å². The lowest BCUT2D eigenvalue weighted by Crippen LogP contribution is -2.24. The second-order valence-electron chi connectivity index (χ2n) is 5.93. The number of aromatic amines is 1. The summed E-state index contributed by atoms with van der Waals surface area (Å²) in [6.07, 6.45) is 5.32. The van der Waals surface area contributed by atoms with Gasteiger partial charge in [-0.05, 0) is 55.8 Å². The highest BCUT2D eigenvalue weighted by Crippen LogP contribution is 2.32. The number of rotatable bonds is 3. The summed E-state index contributed by atoms with van der Waals surface area (Å²) in [7, 11) is 0. The molecule has 0 atom stereocenters. The molecule has 0 bridgehead atoms. The van der Waals surface area contributed by atoms with Crippen LogP contribution in [-0.2, 0) is 0 Å². The van der Waals surface area contributed by atoms with Crippen LogP contribution in [0.1, 0.15) is 41.5 Å². The lowest BCUT2D eigenvalue weighted by atomic mass is 9.93. The van der Waals surface area contributed by atoms with Crippen molar-refractivity contribution in [3.63, 3.8) is 0 Å². The summed E-state index contributed by atoms with van der Waals surface area (Å²) in [6, 6.07) is 10.1. The zero-order valence-corrected chi connectivity index (χ0v) is 12.5. The molecular weight excluding hydrogens is 276 g/mol. The number of fused-ring (bicyclic) bond motifs is 1. The maximum atomic E-state index is 12.6. The van der Waals surface area contributed by atoms with Gasteiger partial charge < -0.3 is 10.3 Å². The standard InChI is InChI=1S/C17H18N4O/c1-11-9-16(21(20-11)14-3-2-4-14)17(22)19-13-6-5-12-7-8-18-15(12)10-13/h5-10,14,18H,2-4H2,1H3,(H,19,22). The molecule has 0 saturated heterocycles. The van der Waals surface area contributed by atoms with Crippen molar-refractivity contribution >= 4 is 22.5 Å². The Labute approximate surface area is 128 Å². The van der Waals surface area contributed by atoms with Crippen molar-refractivity contribution in [3.05, 3.63) is 47.9 Å². The third-order valence-electron chi connectivity index (χ3n) is 4.32. The van der Waals surface area contributed by atoms with Gasteiger partial charge in [0, 0.05) is 17.4 Å². The predicted molar refractivity (Wildman–Crippen MR) is 86.1 cm³/mol. The molecule has 2 heterocycles. The van der Waals surface area contributed by atoms with Gasteiger partial charge >= 0.3 is 0 Å². The Bertz CT molecular complexity index is 841. The summed E-state index contributed by atoms with van der Waals surface area (Å²) >= 11 is 0. The molecule has 4 rings (SSSR count). The first-order chi connectivity index (χ1) is 10.7. The van der Waals surface area contributed by atoms with Gasteiger partial charge in [0.2, 0.25) is 0 Å². The van der Waals surface area contributed by atoms with Gasteiger partial charge in [0.15, 0.2) is 0 Å². The second-order valence-corrected chi connectivity index (χ2v) is 5.93. The van der Waals surface area contributed by atoms with Crippen molar-refractivity contribution in [3.8, 4) is 0 Å². The summed E-state index contributed by atoms with van der Waals surface area (Å²) in [5.41, 5.74) is 3.34. The molecule has 5 heteroatoms. The van der Waals surface area contributed by atoms with Crippen molar-refractivity contribution in [2.75, 3.05) is 5.32 Å². The molecular formula is C17H18N4O. The molecule has 1 fully saturated rings. The molecule has 3 aromatic rings. The number of carbonyl (C=O) groups excluding carboxylic acids is 1. The molecule has 0 aliphatic heterocycles. The highest BCUT2D eigenvalue weighted by molar-refractivity contribution is 6.04. The number of H-pyrrole nitrogens is 1. The van der Waals surface area contributed by atoms with Crippen LogP contribution in [0.2, 0.25) is 0 Å². The first kappa shape index (κ1) is 13.1. The number of nitrogens with one attached hydrogen (secondary N) is 2. The van der Waals surface area contributed by atoms with Crippen molar-refractivity contribution in [1.82, 2.24) is 14.8 Å². The molecule has 2 N–H and O–H groups in total. The second kappa shape index (κ2) is 5.02. The number of hydrogen-bond donors (Lipinski definition) is 2. The van der Waals surface area contributed by atoms with E-state index in [2.05, 4.69) is 15.4 Å². The highest BCUT2D eigenvalue weighted by atomic mass is 16.2. The van der Waals surface area contributed by atoms with Gasteiger partial charge in [0.1, 0.15) is 5.69 Å². The maximum absolute atomic E-state index is 12.6. The number of anilines is 1. The molecule has 0 unspecified atom stereocenters. The van der Waals surface area contributed by atoms with Crippen LogP contribution in [-0.4, -0.2) is 20.7 Å². The minimum atomic E-state index is -0.0987. The first-order valence-corrected chi connectivity index (χ1v) is 7.65. The van der Waals surface area contributed by atoms with Gasteiger partial charge in [0.25, 0.3) is 5.91 Å². The average Bonchev–Trinajstić information content (AvgIpc) is 3.03. The minimum Gasteiger partial charge on any atom is -0.361 e. The molecule has 0 radical (unpaired) electrons. The Morgan fingerprint density at radius 3 is 2.95 bits per heavy atom. The Kier molecular flexibility index (Phi) is 2.99. The zero-order valence-electron chi connectivity index (χ0n) is 12.5. The van der Waals surface area contributed by atoms with Crippen LogP contribution in [0, 0.1) is 6.92 Å². The fraction of sp³-hybridized carbons (Fsp3) is 0.294. The normalized spacial score (nSPS) is 15.0. The number of nitrogens with zero attached hydrogens (tertiary/aromatic N) is 2. The molecule has 112 valence electrons. The van der Waals surface area contributed by atoms with Crippen molar-refractivity contribution in [2.45, 2.75) is 32.2 Å². The summed E-state index contributed by atoms with van der Waals surface area (Å²) in [5, 5.41) is 8.60. The Morgan fingerprint density at radius 1 is 1.32 bits per heavy atom. The predicted octanol–water partition coefficient (Wildman–Crippen LogP) is 3.65. The first-order valence-electron chi connectivity index (χ1n) is 7.65. The van der Waals surface area contributed by atoms with E-state index in [1.165, 1.54) is 6.42 Å².